The Morgan fingerprint density at radius 2 is 1.75 bits per heavy atom. The van der Waals surface area contributed by atoms with E-state index in [1.165, 1.54) is 32.1 Å². The topological polar surface area (TPSA) is 48.3 Å². The molecular formula is C12H19N3O. The molecule has 0 atom stereocenters. The van der Waals surface area contributed by atoms with Crippen molar-refractivity contribution in [3.8, 4) is 18.2 Å². The molecule has 0 fully saturated rings. The van der Waals surface area contributed by atoms with Gasteiger partial charge >= 0.3 is 0 Å². The Hall–Kier alpha value is -1.23. The van der Waals surface area contributed by atoms with Gasteiger partial charge in [0.2, 0.25) is 6.19 Å². The van der Waals surface area contributed by atoms with Crippen LogP contribution in [0.4, 0.5) is 0 Å². The first-order valence-electron chi connectivity index (χ1n) is 6.01. The maximum Gasteiger partial charge on any atom is 0.220 e. The normalized spacial score (nSPS) is 20.1. The molecule has 4 heteroatoms. The highest BCUT2D eigenvalue weighted by Crippen LogP contribution is 2.08. The minimum atomic E-state index is 0.764. The molecule has 0 aromatic rings. The summed E-state index contributed by atoms with van der Waals surface area (Å²) in [6, 6.07) is 2.66. The Morgan fingerprint density at radius 3 is 2.50 bits per heavy atom. The maximum atomic E-state index is 8.70. The largest absolute Gasteiger partial charge is 0.220 e. The third-order valence-corrected chi connectivity index (χ3v) is 2.51. The van der Waals surface area contributed by atoms with Crippen LogP contribution in [-0.2, 0) is 4.94 Å². The highest BCUT2D eigenvalue weighted by atomic mass is 16.8. The molecule has 0 bridgehead atoms. The van der Waals surface area contributed by atoms with Gasteiger partial charge in [0.25, 0.3) is 0 Å². The first-order chi connectivity index (χ1) is 7.93. The van der Waals surface area contributed by atoms with Crippen LogP contribution in [0.3, 0.4) is 0 Å². The van der Waals surface area contributed by atoms with E-state index in [0.717, 1.165) is 30.9 Å². The molecular weight excluding hydrogens is 202 g/mol. The van der Waals surface area contributed by atoms with Crippen LogP contribution in [-0.4, -0.2) is 11.6 Å². The SMILES string of the molecule is N#CN1C#CCCCCCCCCCNO1. The number of hydrogen-bond acceptors (Lipinski definition) is 4. The van der Waals surface area contributed by atoms with Crippen molar-refractivity contribution < 1.29 is 4.94 Å². The summed E-state index contributed by atoms with van der Waals surface area (Å²) in [4.78, 5) is 4.98. The van der Waals surface area contributed by atoms with Crippen molar-refractivity contribution in [2.24, 2.45) is 0 Å². The zero-order valence-corrected chi connectivity index (χ0v) is 9.67. The van der Waals surface area contributed by atoms with Crippen molar-refractivity contribution in [1.82, 2.24) is 10.5 Å². The van der Waals surface area contributed by atoms with Crippen LogP contribution >= 0.6 is 0 Å². The predicted octanol–water partition coefficient (Wildman–Crippen LogP) is 2.30. The first-order valence-corrected chi connectivity index (χ1v) is 6.01. The lowest BCUT2D eigenvalue weighted by Gasteiger charge is -2.08. The van der Waals surface area contributed by atoms with Crippen molar-refractivity contribution in [3.63, 3.8) is 0 Å². The summed E-state index contributed by atoms with van der Waals surface area (Å²) in [7, 11) is 0. The summed E-state index contributed by atoms with van der Waals surface area (Å²) in [5, 5.41) is 9.68. The second-order valence-corrected chi connectivity index (χ2v) is 3.89. The molecule has 1 aliphatic rings. The second-order valence-electron chi connectivity index (χ2n) is 3.89. The van der Waals surface area contributed by atoms with E-state index in [4.69, 9.17) is 10.2 Å². The molecule has 1 aliphatic heterocycles. The Kier molecular flexibility index (Phi) is 7.24. The van der Waals surface area contributed by atoms with E-state index < -0.39 is 0 Å². The Bertz CT molecular complexity index is 274. The summed E-state index contributed by atoms with van der Waals surface area (Å²) in [6.45, 7) is 0.764. The smallest absolute Gasteiger partial charge is 0.175 e. The fraction of sp³-hybridized carbons (Fsp3) is 0.750. The molecule has 0 aromatic carbocycles. The minimum Gasteiger partial charge on any atom is -0.175 e. The van der Waals surface area contributed by atoms with Gasteiger partial charge in [0.1, 0.15) is 0 Å². The van der Waals surface area contributed by atoms with E-state index in [1.807, 2.05) is 6.19 Å². The van der Waals surface area contributed by atoms with Crippen molar-refractivity contribution in [3.05, 3.63) is 0 Å². The first kappa shape index (κ1) is 12.8. The molecule has 0 saturated heterocycles. The Balaban J connectivity index is 2.33. The molecule has 4 nitrogen and oxygen atoms in total. The molecule has 1 N–H and O–H groups in total. The van der Waals surface area contributed by atoms with Gasteiger partial charge in [-0.15, -0.1) is 0 Å². The molecule has 0 aliphatic carbocycles. The van der Waals surface area contributed by atoms with Gasteiger partial charge in [-0.05, 0) is 12.8 Å². The quantitative estimate of drug-likeness (QED) is 0.503. The molecule has 0 amide bonds. The lowest BCUT2D eigenvalue weighted by molar-refractivity contribution is -0.130. The van der Waals surface area contributed by atoms with E-state index in [9.17, 15) is 0 Å². The van der Waals surface area contributed by atoms with Crippen LogP contribution in [0.25, 0.3) is 0 Å². The lowest BCUT2D eigenvalue weighted by Crippen LogP contribution is -2.25. The third-order valence-electron chi connectivity index (χ3n) is 2.51. The Morgan fingerprint density at radius 1 is 1.06 bits per heavy atom. The number of hydrogen-bond donors (Lipinski definition) is 1. The van der Waals surface area contributed by atoms with Gasteiger partial charge in [-0.25, -0.2) is 0 Å². The van der Waals surface area contributed by atoms with Crippen LogP contribution < -0.4 is 5.48 Å². The van der Waals surface area contributed by atoms with E-state index >= 15 is 0 Å². The van der Waals surface area contributed by atoms with E-state index in [1.54, 1.807) is 0 Å². The molecule has 0 radical (unpaired) electrons. The molecule has 0 aromatic heterocycles. The van der Waals surface area contributed by atoms with Crippen LogP contribution in [0.2, 0.25) is 0 Å². The Labute approximate surface area is 97.5 Å². The highest BCUT2D eigenvalue weighted by molar-refractivity contribution is 4.99. The van der Waals surface area contributed by atoms with Crippen molar-refractivity contribution >= 4 is 0 Å². The number of hydroxylamine groups is 3. The van der Waals surface area contributed by atoms with Gasteiger partial charge in [0.15, 0.2) is 0 Å². The molecule has 16 heavy (non-hydrogen) atoms. The van der Waals surface area contributed by atoms with Crippen molar-refractivity contribution in [2.75, 3.05) is 6.54 Å². The van der Waals surface area contributed by atoms with Gasteiger partial charge in [-0.3, -0.25) is 0 Å². The minimum absolute atomic E-state index is 0.764. The second kappa shape index (κ2) is 9.03. The van der Waals surface area contributed by atoms with E-state index in [0.29, 0.717) is 0 Å². The molecule has 0 spiro atoms. The third kappa shape index (κ3) is 6.29. The van der Waals surface area contributed by atoms with Crippen LogP contribution in [0.1, 0.15) is 51.4 Å². The number of rotatable bonds is 0. The summed E-state index contributed by atoms with van der Waals surface area (Å²) in [6.07, 6.45) is 11.2. The average molecular weight is 221 g/mol. The standard InChI is InChI=1S/C12H19N3O/c13-12-15-11-9-7-5-3-1-2-4-6-8-10-14-16-15/h14H,1-8,10H2. The zero-order valence-electron chi connectivity index (χ0n) is 9.67. The summed E-state index contributed by atoms with van der Waals surface area (Å²) < 4.78 is 0. The fourth-order valence-corrected chi connectivity index (χ4v) is 1.60. The van der Waals surface area contributed by atoms with Crippen LogP contribution in [0.5, 0.6) is 0 Å². The van der Waals surface area contributed by atoms with Gasteiger partial charge in [0.05, 0.1) is 6.04 Å². The highest BCUT2D eigenvalue weighted by Gasteiger charge is 1.98. The molecule has 1 heterocycles. The maximum absolute atomic E-state index is 8.70. The van der Waals surface area contributed by atoms with Crippen LogP contribution in [0, 0.1) is 23.4 Å². The zero-order chi connectivity index (χ0) is 11.5. The molecule has 88 valence electrons. The number of nitriles is 1. The summed E-state index contributed by atoms with van der Waals surface area (Å²) >= 11 is 0. The number of nitrogens with one attached hydrogen (secondary N) is 1. The van der Waals surface area contributed by atoms with Gasteiger partial charge in [0, 0.05) is 13.0 Å². The van der Waals surface area contributed by atoms with Crippen LogP contribution in [0.15, 0.2) is 0 Å². The van der Waals surface area contributed by atoms with Crippen molar-refractivity contribution in [1.29, 1.82) is 5.26 Å². The molecule has 1 rings (SSSR count). The van der Waals surface area contributed by atoms with Gasteiger partial charge in [-0.2, -0.15) is 15.7 Å². The number of nitrogens with zero attached hydrogens (tertiary/aromatic N) is 2. The van der Waals surface area contributed by atoms with Crippen molar-refractivity contribution in [2.45, 2.75) is 51.4 Å². The molecule has 0 saturated carbocycles. The van der Waals surface area contributed by atoms with Gasteiger partial charge in [-0.1, -0.05) is 43.1 Å². The predicted molar refractivity (Wildman–Crippen MR) is 61.3 cm³/mol. The summed E-state index contributed by atoms with van der Waals surface area (Å²) in [5.74, 6) is 2.93. The average Bonchev–Trinajstić information content (AvgIpc) is 2.32. The van der Waals surface area contributed by atoms with E-state index in [2.05, 4.69) is 17.4 Å². The lowest BCUT2D eigenvalue weighted by atomic mass is 10.1. The van der Waals surface area contributed by atoms with E-state index in [-0.39, 0.29) is 0 Å². The monoisotopic (exact) mass is 221 g/mol. The molecule has 0 unspecified atom stereocenters. The van der Waals surface area contributed by atoms with Gasteiger partial charge < -0.3 is 0 Å². The fourth-order valence-electron chi connectivity index (χ4n) is 1.60. The summed E-state index contributed by atoms with van der Waals surface area (Å²) in [5.41, 5.74) is 2.74.